The largest absolute Gasteiger partial charge is 0.497 e. The molecule has 1 heterocycles. The molecule has 3 aromatic rings. The van der Waals surface area contributed by atoms with E-state index in [4.69, 9.17) is 9.47 Å². The van der Waals surface area contributed by atoms with Crippen molar-refractivity contribution in [3.05, 3.63) is 82.7 Å². The molecule has 7 nitrogen and oxygen atoms in total. The number of amides is 1. The Kier molecular flexibility index (Phi) is 7.44. The SMILES string of the molecule is CCOC(=O)c1cccc(-n2c(C)cc(/C=N/NC(=O)Cc3cccc(OC)c3)c2C)c1. The van der Waals surface area contributed by atoms with Crippen LogP contribution in [0.4, 0.5) is 0 Å². The summed E-state index contributed by atoms with van der Waals surface area (Å²) in [7, 11) is 1.59. The first-order valence-electron chi connectivity index (χ1n) is 10.3. The van der Waals surface area contributed by atoms with Crippen LogP contribution in [0.25, 0.3) is 5.69 Å². The van der Waals surface area contributed by atoms with E-state index in [2.05, 4.69) is 10.5 Å². The number of hydrogen-bond donors (Lipinski definition) is 1. The van der Waals surface area contributed by atoms with Crippen molar-refractivity contribution in [2.24, 2.45) is 5.10 Å². The van der Waals surface area contributed by atoms with Crippen LogP contribution < -0.4 is 10.2 Å². The molecular weight excluding hydrogens is 406 g/mol. The van der Waals surface area contributed by atoms with E-state index in [1.807, 2.05) is 60.9 Å². The van der Waals surface area contributed by atoms with Gasteiger partial charge >= 0.3 is 5.97 Å². The normalized spacial score (nSPS) is 10.9. The Morgan fingerprint density at radius 1 is 1.09 bits per heavy atom. The first kappa shape index (κ1) is 22.8. The number of nitrogens with zero attached hydrogens (tertiary/aromatic N) is 2. The molecule has 0 aliphatic heterocycles. The molecular formula is C25H27N3O4. The summed E-state index contributed by atoms with van der Waals surface area (Å²) >= 11 is 0. The van der Waals surface area contributed by atoms with Crippen LogP contribution in [-0.2, 0) is 16.0 Å². The number of hydrazone groups is 1. The number of rotatable bonds is 8. The lowest BCUT2D eigenvalue weighted by Crippen LogP contribution is -2.19. The van der Waals surface area contributed by atoms with Gasteiger partial charge in [0, 0.05) is 22.6 Å². The number of esters is 1. The molecule has 1 N–H and O–H groups in total. The zero-order valence-electron chi connectivity index (χ0n) is 18.7. The zero-order valence-corrected chi connectivity index (χ0v) is 18.7. The number of benzene rings is 2. The Balaban J connectivity index is 1.72. The van der Waals surface area contributed by atoms with Gasteiger partial charge < -0.3 is 14.0 Å². The molecule has 1 aromatic heterocycles. The number of aryl methyl sites for hydroxylation is 1. The van der Waals surface area contributed by atoms with Crippen molar-refractivity contribution in [2.75, 3.05) is 13.7 Å². The zero-order chi connectivity index (χ0) is 23.1. The second-order valence-corrected chi connectivity index (χ2v) is 7.25. The van der Waals surface area contributed by atoms with Crippen LogP contribution in [0.1, 0.15) is 39.8 Å². The number of carbonyl (C=O) groups excluding carboxylic acids is 2. The van der Waals surface area contributed by atoms with Crippen LogP contribution in [0.3, 0.4) is 0 Å². The molecule has 0 radical (unpaired) electrons. The van der Waals surface area contributed by atoms with E-state index < -0.39 is 0 Å². The van der Waals surface area contributed by atoms with Crippen molar-refractivity contribution < 1.29 is 19.1 Å². The highest BCUT2D eigenvalue weighted by Crippen LogP contribution is 2.21. The van der Waals surface area contributed by atoms with Gasteiger partial charge in [0.15, 0.2) is 0 Å². The number of nitrogens with one attached hydrogen (secondary N) is 1. The van der Waals surface area contributed by atoms with Gasteiger partial charge in [0.05, 0.1) is 31.9 Å². The van der Waals surface area contributed by atoms with Crippen LogP contribution >= 0.6 is 0 Å². The van der Waals surface area contributed by atoms with Gasteiger partial charge in [0.1, 0.15) is 5.75 Å². The highest BCUT2D eigenvalue weighted by molar-refractivity contribution is 5.90. The standard InChI is InChI=1S/C25H27N3O4/c1-5-32-25(30)20-9-7-10-22(15-20)28-17(2)12-21(18(28)3)16-26-27-24(29)14-19-8-6-11-23(13-19)31-4/h6-13,15-16H,5,14H2,1-4H3,(H,27,29)/b26-16+. The predicted molar refractivity (Wildman–Crippen MR) is 124 cm³/mol. The maximum Gasteiger partial charge on any atom is 0.338 e. The summed E-state index contributed by atoms with van der Waals surface area (Å²) in [5, 5.41) is 4.12. The number of carbonyl (C=O) groups is 2. The fourth-order valence-electron chi connectivity index (χ4n) is 3.48. The fraction of sp³-hybridized carbons (Fsp3) is 0.240. The smallest absolute Gasteiger partial charge is 0.338 e. The lowest BCUT2D eigenvalue weighted by Gasteiger charge is -2.11. The Labute approximate surface area is 187 Å². The molecule has 7 heteroatoms. The molecule has 0 spiro atoms. The van der Waals surface area contributed by atoms with Crippen molar-refractivity contribution in [1.29, 1.82) is 0 Å². The summed E-state index contributed by atoms with van der Waals surface area (Å²) in [4.78, 5) is 24.3. The molecule has 32 heavy (non-hydrogen) atoms. The average molecular weight is 434 g/mol. The minimum Gasteiger partial charge on any atom is -0.497 e. The van der Waals surface area contributed by atoms with Gasteiger partial charge in [0.2, 0.25) is 5.91 Å². The summed E-state index contributed by atoms with van der Waals surface area (Å²) in [6.07, 6.45) is 1.83. The van der Waals surface area contributed by atoms with Gasteiger partial charge in [-0.15, -0.1) is 0 Å². The number of ether oxygens (including phenoxy) is 2. The van der Waals surface area contributed by atoms with Crippen LogP contribution in [-0.4, -0.2) is 36.4 Å². The molecule has 0 saturated carbocycles. The summed E-state index contributed by atoms with van der Waals surface area (Å²) in [6, 6.07) is 16.6. The van der Waals surface area contributed by atoms with Crippen LogP contribution in [0, 0.1) is 13.8 Å². The molecule has 1 amide bonds. The number of hydrogen-bond acceptors (Lipinski definition) is 5. The third kappa shape index (κ3) is 5.43. The van der Waals surface area contributed by atoms with Gasteiger partial charge in [-0.1, -0.05) is 18.2 Å². The number of methoxy groups -OCH3 is 1. The van der Waals surface area contributed by atoms with Crippen molar-refractivity contribution in [3.63, 3.8) is 0 Å². The number of aromatic nitrogens is 1. The van der Waals surface area contributed by atoms with E-state index in [0.717, 1.165) is 28.2 Å². The second-order valence-electron chi connectivity index (χ2n) is 7.25. The highest BCUT2D eigenvalue weighted by atomic mass is 16.5. The fourth-order valence-corrected chi connectivity index (χ4v) is 3.48. The highest BCUT2D eigenvalue weighted by Gasteiger charge is 2.13. The van der Waals surface area contributed by atoms with E-state index in [1.165, 1.54) is 0 Å². The quantitative estimate of drug-likeness (QED) is 0.331. The summed E-state index contributed by atoms with van der Waals surface area (Å²) in [6.45, 7) is 6.05. The van der Waals surface area contributed by atoms with E-state index >= 15 is 0 Å². The Hall–Kier alpha value is -3.87. The van der Waals surface area contributed by atoms with E-state index in [0.29, 0.717) is 17.9 Å². The van der Waals surface area contributed by atoms with Crippen LogP contribution in [0.15, 0.2) is 59.7 Å². The lowest BCUT2D eigenvalue weighted by molar-refractivity contribution is -0.120. The minimum absolute atomic E-state index is 0.203. The third-order valence-corrected chi connectivity index (χ3v) is 4.98. The van der Waals surface area contributed by atoms with Gasteiger partial charge in [-0.05, 0) is 62.7 Å². The van der Waals surface area contributed by atoms with Crippen molar-refractivity contribution >= 4 is 18.1 Å². The maximum atomic E-state index is 12.2. The molecule has 3 rings (SSSR count). The van der Waals surface area contributed by atoms with Gasteiger partial charge in [-0.25, -0.2) is 10.2 Å². The first-order chi connectivity index (χ1) is 15.4. The average Bonchev–Trinajstić information content (AvgIpc) is 3.07. The molecule has 0 unspecified atom stereocenters. The molecule has 0 aliphatic carbocycles. The second kappa shape index (κ2) is 10.4. The van der Waals surface area contributed by atoms with Crippen molar-refractivity contribution in [2.45, 2.75) is 27.2 Å². The molecule has 0 saturated heterocycles. The monoisotopic (exact) mass is 433 g/mol. The molecule has 0 fully saturated rings. The Morgan fingerprint density at radius 3 is 2.62 bits per heavy atom. The molecule has 2 aromatic carbocycles. The van der Waals surface area contributed by atoms with Gasteiger partial charge in [-0.3, -0.25) is 4.79 Å². The topological polar surface area (TPSA) is 81.9 Å². The molecule has 0 aliphatic rings. The third-order valence-electron chi connectivity index (χ3n) is 4.98. The predicted octanol–water partition coefficient (Wildman–Crippen LogP) is 3.97. The molecule has 166 valence electrons. The van der Waals surface area contributed by atoms with Gasteiger partial charge in [0.25, 0.3) is 0 Å². The summed E-state index contributed by atoms with van der Waals surface area (Å²) in [5.74, 6) is 0.140. The van der Waals surface area contributed by atoms with Crippen LogP contribution in [0.2, 0.25) is 0 Å². The van der Waals surface area contributed by atoms with Crippen molar-refractivity contribution in [1.82, 2.24) is 9.99 Å². The van der Waals surface area contributed by atoms with Crippen molar-refractivity contribution in [3.8, 4) is 11.4 Å². The molecule has 0 bridgehead atoms. The minimum atomic E-state index is -0.350. The van der Waals surface area contributed by atoms with Crippen LogP contribution in [0.5, 0.6) is 5.75 Å². The Morgan fingerprint density at radius 2 is 1.88 bits per heavy atom. The molecule has 0 atom stereocenters. The maximum absolute atomic E-state index is 12.2. The first-order valence-corrected chi connectivity index (χ1v) is 10.3. The summed E-state index contributed by atoms with van der Waals surface area (Å²) < 4.78 is 12.3. The van der Waals surface area contributed by atoms with E-state index in [9.17, 15) is 9.59 Å². The Bertz CT molecular complexity index is 1150. The van der Waals surface area contributed by atoms with E-state index in [1.54, 1.807) is 32.4 Å². The summed E-state index contributed by atoms with van der Waals surface area (Å²) in [5.41, 5.74) is 7.55. The van der Waals surface area contributed by atoms with Gasteiger partial charge in [-0.2, -0.15) is 5.10 Å². The lowest BCUT2D eigenvalue weighted by atomic mass is 10.1. The van der Waals surface area contributed by atoms with E-state index in [-0.39, 0.29) is 18.3 Å².